The molecule has 1 aliphatic rings. The number of nitrogens with zero attached hydrogens (tertiary/aromatic N) is 1. The molecule has 0 saturated carbocycles. The summed E-state index contributed by atoms with van der Waals surface area (Å²) in [5, 5.41) is 13.2. The largest absolute Gasteiger partial charge is 0.464 e. The lowest BCUT2D eigenvalue weighted by molar-refractivity contribution is -0.384. The Bertz CT molecular complexity index is 935. The molecule has 0 spiro atoms. The van der Waals surface area contributed by atoms with Crippen LogP contribution in [-0.4, -0.2) is 30.7 Å². The third-order valence-corrected chi connectivity index (χ3v) is 3.72. The monoisotopic (exact) mass is 370 g/mol. The summed E-state index contributed by atoms with van der Waals surface area (Å²) in [7, 11) is 1.18. The van der Waals surface area contributed by atoms with E-state index in [9.17, 15) is 19.7 Å². The number of benzene rings is 2. The lowest BCUT2D eigenvalue weighted by atomic mass is 10.1. The number of carbonyl (C=O) groups excluding carboxylic acids is 2. The van der Waals surface area contributed by atoms with E-state index in [1.165, 1.54) is 37.5 Å². The van der Waals surface area contributed by atoms with Gasteiger partial charge < -0.3 is 19.5 Å². The minimum Gasteiger partial charge on any atom is -0.464 e. The molecule has 3 rings (SSSR count). The number of methoxy groups -OCH3 is 1. The van der Waals surface area contributed by atoms with Crippen LogP contribution in [0.5, 0.6) is 11.5 Å². The summed E-state index contributed by atoms with van der Waals surface area (Å²) in [6.07, 6.45) is 1.41. The molecular formula is C18H14N2O7. The molecule has 1 N–H and O–H groups in total. The quantitative estimate of drug-likeness (QED) is 0.371. The Kier molecular flexibility index (Phi) is 5.02. The number of esters is 1. The molecule has 2 aromatic rings. The van der Waals surface area contributed by atoms with E-state index < -0.39 is 16.8 Å². The van der Waals surface area contributed by atoms with E-state index in [4.69, 9.17) is 14.2 Å². The normalized spacial score (nSPS) is 12.4. The summed E-state index contributed by atoms with van der Waals surface area (Å²) in [6, 6.07) is 10.1. The smallest absolute Gasteiger partial charge is 0.354 e. The number of nitro benzene ring substituents is 1. The van der Waals surface area contributed by atoms with E-state index in [2.05, 4.69) is 5.32 Å². The van der Waals surface area contributed by atoms with Crippen molar-refractivity contribution in [3.63, 3.8) is 0 Å². The standard InChI is InChI=1S/C18H14N2O7/c1-25-18(22)14(9-12-3-2-4-15-16(12)27-10-26-15)19-17(21)11-5-7-13(8-6-11)20(23)24/h2-9H,10H2,1H3,(H,19,21). The Morgan fingerprint density at radius 2 is 1.93 bits per heavy atom. The lowest BCUT2D eigenvalue weighted by Gasteiger charge is -2.09. The highest BCUT2D eigenvalue weighted by Crippen LogP contribution is 2.36. The van der Waals surface area contributed by atoms with Crippen LogP contribution in [0.25, 0.3) is 6.08 Å². The van der Waals surface area contributed by atoms with Crippen molar-refractivity contribution in [1.82, 2.24) is 5.32 Å². The fraction of sp³-hybridized carbons (Fsp3) is 0.111. The molecule has 0 fully saturated rings. The Labute approximate surface area is 153 Å². The molecule has 0 saturated heterocycles. The molecule has 2 aromatic carbocycles. The third kappa shape index (κ3) is 3.87. The van der Waals surface area contributed by atoms with E-state index in [0.717, 1.165) is 0 Å². The Balaban J connectivity index is 1.88. The number of para-hydroxylation sites is 1. The number of ether oxygens (including phenoxy) is 3. The number of fused-ring (bicyclic) bond motifs is 1. The predicted octanol–water partition coefficient (Wildman–Crippen LogP) is 2.27. The Hall–Kier alpha value is -3.88. The maximum absolute atomic E-state index is 12.4. The Morgan fingerprint density at radius 1 is 1.19 bits per heavy atom. The first-order chi connectivity index (χ1) is 13.0. The molecule has 138 valence electrons. The number of non-ortho nitro benzene ring substituents is 1. The molecule has 0 bridgehead atoms. The SMILES string of the molecule is COC(=O)C(=Cc1cccc2c1OCO2)NC(=O)c1ccc([N+](=O)[O-])cc1. The maximum atomic E-state index is 12.4. The molecule has 1 heterocycles. The lowest BCUT2D eigenvalue weighted by Crippen LogP contribution is -2.28. The average Bonchev–Trinajstić information content (AvgIpc) is 3.16. The highest BCUT2D eigenvalue weighted by Gasteiger charge is 2.20. The van der Waals surface area contributed by atoms with Crippen LogP contribution in [0.15, 0.2) is 48.2 Å². The van der Waals surface area contributed by atoms with Crippen molar-refractivity contribution in [2.45, 2.75) is 0 Å². The van der Waals surface area contributed by atoms with Crippen molar-refractivity contribution in [3.05, 3.63) is 69.4 Å². The van der Waals surface area contributed by atoms with Gasteiger partial charge in [-0.15, -0.1) is 0 Å². The van der Waals surface area contributed by atoms with Gasteiger partial charge >= 0.3 is 5.97 Å². The highest BCUT2D eigenvalue weighted by atomic mass is 16.7. The number of hydrogen-bond donors (Lipinski definition) is 1. The fourth-order valence-corrected chi connectivity index (χ4v) is 2.41. The van der Waals surface area contributed by atoms with Crippen LogP contribution in [-0.2, 0) is 9.53 Å². The van der Waals surface area contributed by atoms with Crippen LogP contribution in [0.2, 0.25) is 0 Å². The van der Waals surface area contributed by atoms with Gasteiger partial charge in [0.2, 0.25) is 6.79 Å². The second-order valence-corrected chi connectivity index (χ2v) is 5.39. The van der Waals surface area contributed by atoms with Crippen LogP contribution in [0.1, 0.15) is 15.9 Å². The van der Waals surface area contributed by atoms with E-state index in [0.29, 0.717) is 17.1 Å². The Morgan fingerprint density at radius 3 is 2.59 bits per heavy atom. The second kappa shape index (κ2) is 7.56. The summed E-state index contributed by atoms with van der Waals surface area (Å²) in [6.45, 7) is 0.0584. The molecule has 0 atom stereocenters. The topological polar surface area (TPSA) is 117 Å². The van der Waals surface area contributed by atoms with Gasteiger partial charge in [0.25, 0.3) is 11.6 Å². The van der Waals surface area contributed by atoms with Crippen molar-refractivity contribution in [3.8, 4) is 11.5 Å². The van der Waals surface area contributed by atoms with Crippen molar-refractivity contribution in [2.75, 3.05) is 13.9 Å². The number of nitro groups is 1. The van der Waals surface area contributed by atoms with Crippen LogP contribution in [0, 0.1) is 10.1 Å². The zero-order chi connectivity index (χ0) is 19.4. The molecule has 0 aromatic heterocycles. The zero-order valence-corrected chi connectivity index (χ0v) is 14.1. The fourth-order valence-electron chi connectivity index (χ4n) is 2.41. The summed E-state index contributed by atoms with van der Waals surface area (Å²) in [5.41, 5.74) is 0.403. The minimum absolute atomic E-state index is 0.0584. The first kappa shape index (κ1) is 17.9. The molecule has 1 aliphatic heterocycles. The average molecular weight is 370 g/mol. The molecular weight excluding hydrogens is 356 g/mol. The predicted molar refractivity (Wildman–Crippen MR) is 93.1 cm³/mol. The van der Waals surface area contributed by atoms with Crippen molar-refractivity contribution < 1.29 is 28.7 Å². The molecule has 1 amide bonds. The van der Waals surface area contributed by atoms with Crippen LogP contribution in [0.4, 0.5) is 5.69 Å². The van der Waals surface area contributed by atoms with Gasteiger partial charge in [-0.1, -0.05) is 12.1 Å². The van der Waals surface area contributed by atoms with Gasteiger partial charge in [0, 0.05) is 23.3 Å². The number of hydrogen-bond acceptors (Lipinski definition) is 7. The highest BCUT2D eigenvalue weighted by molar-refractivity contribution is 6.03. The van der Waals surface area contributed by atoms with Gasteiger partial charge in [-0.3, -0.25) is 14.9 Å². The van der Waals surface area contributed by atoms with Gasteiger partial charge in [-0.25, -0.2) is 4.79 Å². The van der Waals surface area contributed by atoms with Crippen LogP contribution < -0.4 is 14.8 Å². The van der Waals surface area contributed by atoms with Crippen LogP contribution in [0.3, 0.4) is 0 Å². The van der Waals surface area contributed by atoms with E-state index in [-0.39, 0.29) is 23.7 Å². The van der Waals surface area contributed by atoms with Gasteiger partial charge in [-0.05, 0) is 24.3 Å². The number of carbonyl (C=O) groups is 2. The molecule has 0 unspecified atom stereocenters. The summed E-state index contributed by atoms with van der Waals surface area (Å²) in [4.78, 5) is 34.6. The molecule has 27 heavy (non-hydrogen) atoms. The zero-order valence-electron chi connectivity index (χ0n) is 14.1. The first-order valence-corrected chi connectivity index (χ1v) is 7.74. The van der Waals surface area contributed by atoms with Gasteiger partial charge in [-0.2, -0.15) is 0 Å². The molecule has 0 radical (unpaired) electrons. The van der Waals surface area contributed by atoms with Crippen LogP contribution >= 0.6 is 0 Å². The minimum atomic E-state index is -0.762. The van der Waals surface area contributed by atoms with E-state index in [1.54, 1.807) is 18.2 Å². The summed E-state index contributed by atoms with van der Waals surface area (Å²) in [5.74, 6) is -0.411. The van der Waals surface area contributed by atoms with Crippen molar-refractivity contribution >= 4 is 23.6 Å². The van der Waals surface area contributed by atoms with Gasteiger partial charge in [0.15, 0.2) is 11.5 Å². The van der Waals surface area contributed by atoms with Crippen molar-refractivity contribution in [2.24, 2.45) is 0 Å². The molecule has 9 heteroatoms. The first-order valence-electron chi connectivity index (χ1n) is 7.74. The van der Waals surface area contributed by atoms with E-state index >= 15 is 0 Å². The summed E-state index contributed by atoms with van der Waals surface area (Å²) >= 11 is 0. The second-order valence-electron chi connectivity index (χ2n) is 5.39. The van der Waals surface area contributed by atoms with E-state index in [1.807, 2.05) is 0 Å². The molecule has 0 aliphatic carbocycles. The maximum Gasteiger partial charge on any atom is 0.354 e. The summed E-state index contributed by atoms with van der Waals surface area (Å²) < 4.78 is 15.4. The number of nitrogens with one attached hydrogen (secondary N) is 1. The van der Waals surface area contributed by atoms with Gasteiger partial charge in [0.1, 0.15) is 5.70 Å². The molecule has 9 nitrogen and oxygen atoms in total. The third-order valence-electron chi connectivity index (χ3n) is 3.72. The van der Waals surface area contributed by atoms with Gasteiger partial charge in [0.05, 0.1) is 12.0 Å². The number of amides is 1. The van der Waals surface area contributed by atoms with Crippen molar-refractivity contribution in [1.29, 1.82) is 0 Å². The number of rotatable bonds is 5.